The minimum atomic E-state index is -4.38. The van der Waals surface area contributed by atoms with Gasteiger partial charge in [0.15, 0.2) is 5.65 Å². The highest BCUT2D eigenvalue weighted by atomic mass is 32.1. The van der Waals surface area contributed by atoms with Gasteiger partial charge < -0.3 is 4.90 Å². The molecule has 0 radical (unpaired) electrons. The van der Waals surface area contributed by atoms with E-state index in [0.717, 1.165) is 42.9 Å². The van der Waals surface area contributed by atoms with E-state index in [1.165, 1.54) is 17.7 Å². The summed E-state index contributed by atoms with van der Waals surface area (Å²) in [5.41, 5.74) is 2.75. The third-order valence-corrected chi connectivity index (χ3v) is 7.42. The summed E-state index contributed by atoms with van der Waals surface area (Å²) >= 11 is 1.45. The molecule has 0 aliphatic carbocycles. The van der Waals surface area contributed by atoms with Crippen molar-refractivity contribution in [2.75, 3.05) is 19.6 Å². The van der Waals surface area contributed by atoms with Crippen LogP contribution in [0.1, 0.15) is 41.7 Å². The first kappa shape index (κ1) is 22.0. The number of thiazole rings is 1. The highest BCUT2D eigenvalue weighted by Gasteiger charge is 2.33. The third kappa shape index (κ3) is 4.39. The quantitative estimate of drug-likeness (QED) is 0.446. The largest absolute Gasteiger partial charge is 0.393 e. The minimum Gasteiger partial charge on any atom is -0.304 e. The molecule has 0 saturated carbocycles. The van der Waals surface area contributed by atoms with E-state index in [-0.39, 0.29) is 11.3 Å². The maximum Gasteiger partial charge on any atom is 0.393 e. The zero-order valence-electron chi connectivity index (χ0n) is 18.4. The molecular formula is C22H24F3N7S. The number of aryl methyl sites for hydroxylation is 1. The molecule has 0 amide bonds. The molecule has 1 aliphatic rings. The van der Waals surface area contributed by atoms with Gasteiger partial charge in [0.1, 0.15) is 17.0 Å². The Labute approximate surface area is 192 Å². The van der Waals surface area contributed by atoms with E-state index in [2.05, 4.69) is 37.1 Å². The molecule has 1 aliphatic heterocycles. The van der Waals surface area contributed by atoms with Gasteiger partial charge in [-0.25, -0.2) is 14.5 Å². The summed E-state index contributed by atoms with van der Waals surface area (Å²) in [5, 5.41) is 11.8. The first-order valence-electron chi connectivity index (χ1n) is 10.9. The number of likely N-dealkylation sites (tertiary alicyclic amines) is 1. The number of pyridine rings is 1. The van der Waals surface area contributed by atoms with Gasteiger partial charge in [-0.1, -0.05) is 6.92 Å². The molecule has 7 nitrogen and oxygen atoms in total. The van der Waals surface area contributed by atoms with Crippen molar-refractivity contribution in [3.63, 3.8) is 0 Å². The Bertz CT molecular complexity index is 1260. The smallest absolute Gasteiger partial charge is 0.304 e. The molecule has 0 atom stereocenters. The summed E-state index contributed by atoms with van der Waals surface area (Å²) in [5.74, 6) is 0.390. The fraction of sp³-hybridized carbons (Fsp3) is 0.455. The first-order chi connectivity index (χ1) is 15.8. The first-order valence-corrected chi connectivity index (χ1v) is 11.8. The average Bonchev–Trinajstić information content (AvgIpc) is 3.52. The SMILES string of the molecule is CCN1CCC(c2cnc(-c3n[nH]c(-c4cc(C)c5ncnn5c4)c3CC(F)(F)F)s2)CC1. The molecule has 1 saturated heterocycles. The second-order valence-electron chi connectivity index (χ2n) is 8.43. The predicted molar refractivity (Wildman–Crippen MR) is 120 cm³/mol. The van der Waals surface area contributed by atoms with Gasteiger partial charge in [0, 0.05) is 28.4 Å². The summed E-state index contributed by atoms with van der Waals surface area (Å²) in [6, 6.07) is 1.80. The Morgan fingerprint density at radius 1 is 1.21 bits per heavy atom. The van der Waals surface area contributed by atoms with Gasteiger partial charge in [0.25, 0.3) is 0 Å². The van der Waals surface area contributed by atoms with Crippen LogP contribution in [0.4, 0.5) is 13.2 Å². The second-order valence-corrected chi connectivity index (χ2v) is 9.50. The zero-order valence-corrected chi connectivity index (χ0v) is 19.2. The van der Waals surface area contributed by atoms with Gasteiger partial charge in [-0.15, -0.1) is 11.3 Å². The highest BCUT2D eigenvalue weighted by molar-refractivity contribution is 7.15. The van der Waals surface area contributed by atoms with Crippen LogP contribution in [0, 0.1) is 6.92 Å². The van der Waals surface area contributed by atoms with Crippen LogP contribution in [0.15, 0.2) is 24.8 Å². The number of halogens is 3. The highest BCUT2D eigenvalue weighted by Crippen LogP contribution is 2.39. The number of aromatic amines is 1. The molecule has 4 aromatic rings. The van der Waals surface area contributed by atoms with Crippen molar-refractivity contribution in [3.05, 3.63) is 40.8 Å². The van der Waals surface area contributed by atoms with Gasteiger partial charge >= 0.3 is 6.18 Å². The van der Waals surface area contributed by atoms with Crippen molar-refractivity contribution in [3.8, 4) is 22.0 Å². The number of hydrogen-bond donors (Lipinski definition) is 1. The van der Waals surface area contributed by atoms with E-state index >= 15 is 0 Å². The van der Waals surface area contributed by atoms with Crippen LogP contribution in [-0.2, 0) is 6.42 Å². The van der Waals surface area contributed by atoms with Crippen molar-refractivity contribution >= 4 is 17.0 Å². The van der Waals surface area contributed by atoms with Gasteiger partial charge in [-0.05, 0) is 56.9 Å². The number of aromatic nitrogens is 6. The van der Waals surface area contributed by atoms with Crippen molar-refractivity contribution in [2.45, 2.75) is 45.2 Å². The standard InChI is InChI=1S/C22H24F3N7S/c1-3-31-6-4-14(5-7-31)17-10-26-21(33-17)19-16(9-22(23,24)25)18(29-30-19)15-8-13(2)20-27-12-28-32(20)11-15/h8,10-12,14H,3-7,9H2,1-2H3,(H,29,30). The van der Waals surface area contributed by atoms with Gasteiger partial charge in [0.05, 0.1) is 12.1 Å². The molecule has 1 N–H and O–H groups in total. The number of nitrogens with one attached hydrogen (secondary N) is 1. The van der Waals surface area contributed by atoms with Gasteiger partial charge in [-0.3, -0.25) is 5.10 Å². The van der Waals surface area contributed by atoms with Crippen LogP contribution in [0.3, 0.4) is 0 Å². The van der Waals surface area contributed by atoms with E-state index in [4.69, 9.17) is 0 Å². The lowest BCUT2D eigenvalue weighted by atomic mass is 9.96. The van der Waals surface area contributed by atoms with Crippen LogP contribution >= 0.6 is 11.3 Å². The third-order valence-electron chi connectivity index (χ3n) is 6.26. The van der Waals surface area contributed by atoms with Crippen LogP contribution in [0.2, 0.25) is 0 Å². The molecule has 0 unspecified atom stereocenters. The molecule has 5 rings (SSSR count). The molecule has 0 bridgehead atoms. The fourth-order valence-corrected chi connectivity index (χ4v) is 5.60. The Morgan fingerprint density at radius 3 is 2.73 bits per heavy atom. The van der Waals surface area contributed by atoms with Crippen LogP contribution in [0.5, 0.6) is 0 Å². The molecule has 174 valence electrons. The molecule has 1 fully saturated rings. The molecule has 0 aromatic carbocycles. The Balaban J connectivity index is 1.52. The summed E-state index contributed by atoms with van der Waals surface area (Å²) in [6.45, 7) is 7.11. The Hall–Kier alpha value is -2.79. The van der Waals surface area contributed by atoms with Crippen LogP contribution < -0.4 is 0 Å². The Kier molecular flexibility index (Phi) is 5.69. The van der Waals surface area contributed by atoms with Crippen molar-refractivity contribution in [1.82, 2.24) is 34.7 Å². The number of nitrogens with zero attached hydrogens (tertiary/aromatic N) is 6. The lowest BCUT2D eigenvalue weighted by molar-refractivity contribution is -0.127. The van der Waals surface area contributed by atoms with E-state index in [9.17, 15) is 13.2 Å². The fourth-order valence-electron chi connectivity index (χ4n) is 4.50. The summed E-state index contributed by atoms with van der Waals surface area (Å²) < 4.78 is 42.3. The van der Waals surface area contributed by atoms with E-state index < -0.39 is 12.6 Å². The lowest BCUT2D eigenvalue weighted by Gasteiger charge is -2.30. The number of H-pyrrole nitrogens is 1. The lowest BCUT2D eigenvalue weighted by Crippen LogP contribution is -2.32. The number of rotatable bonds is 5. The summed E-state index contributed by atoms with van der Waals surface area (Å²) in [7, 11) is 0. The summed E-state index contributed by atoms with van der Waals surface area (Å²) in [4.78, 5) is 12.2. The predicted octanol–water partition coefficient (Wildman–Crippen LogP) is 4.86. The average molecular weight is 476 g/mol. The topological polar surface area (TPSA) is 75.0 Å². The van der Waals surface area contributed by atoms with Gasteiger partial charge in [-0.2, -0.15) is 23.4 Å². The molecule has 11 heteroatoms. The number of piperidine rings is 1. The maximum atomic E-state index is 13.6. The molecular weight excluding hydrogens is 451 g/mol. The van der Waals surface area contributed by atoms with E-state index in [0.29, 0.717) is 27.8 Å². The number of fused-ring (bicyclic) bond motifs is 1. The normalized spacial score (nSPS) is 16.2. The second kappa shape index (κ2) is 8.53. The number of hydrogen-bond acceptors (Lipinski definition) is 6. The molecule has 0 spiro atoms. The number of alkyl halides is 3. The maximum absolute atomic E-state index is 13.6. The van der Waals surface area contributed by atoms with Crippen LogP contribution in [0.25, 0.3) is 27.6 Å². The monoisotopic (exact) mass is 475 g/mol. The van der Waals surface area contributed by atoms with Gasteiger partial charge in [0.2, 0.25) is 0 Å². The van der Waals surface area contributed by atoms with Crippen molar-refractivity contribution < 1.29 is 13.2 Å². The minimum absolute atomic E-state index is 0.100. The molecule has 5 heterocycles. The molecule has 33 heavy (non-hydrogen) atoms. The summed E-state index contributed by atoms with van der Waals surface area (Å²) in [6.07, 6.45) is 1.50. The van der Waals surface area contributed by atoms with Crippen molar-refractivity contribution in [1.29, 1.82) is 0 Å². The Morgan fingerprint density at radius 2 is 2.00 bits per heavy atom. The van der Waals surface area contributed by atoms with E-state index in [1.807, 2.05) is 13.1 Å². The zero-order chi connectivity index (χ0) is 23.2. The molecule has 4 aromatic heterocycles. The van der Waals surface area contributed by atoms with Crippen molar-refractivity contribution in [2.24, 2.45) is 0 Å². The van der Waals surface area contributed by atoms with Crippen LogP contribution in [-0.4, -0.2) is 60.5 Å². The van der Waals surface area contributed by atoms with E-state index in [1.54, 1.807) is 16.8 Å².